The highest BCUT2D eigenvalue weighted by molar-refractivity contribution is 7.10. The first-order valence-corrected chi connectivity index (χ1v) is 6.26. The lowest BCUT2D eigenvalue weighted by atomic mass is 9.48. The highest BCUT2D eigenvalue weighted by atomic mass is 16.7. The van der Waals surface area contributed by atoms with Crippen LogP contribution in [0.15, 0.2) is 12.3 Å². The summed E-state index contributed by atoms with van der Waals surface area (Å²) in [5, 5.41) is 10.1. The van der Waals surface area contributed by atoms with Crippen molar-refractivity contribution in [2.24, 2.45) is 5.41 Å². The molecule has 18 heavy (non-hydrogen) atoms. The van der Waals surface area contributed by atoms with Crippen molar-refractivity contribution in [1.82, 2.24) is 0 Å². The fourth-order valence-corrected chi connectivity index (χ4v) is 1.31. The Morgan fingerprint density at radius 3 is 2.11 bits per heavy atom. The van der Waals surface area contributed by atoms with Gasteiger partial charge in [0.1, 0.15) is 5.60 Å². The molecule has 0 aromatic rings. The molecule has 102 valence electrons. The fourth-order valence-electron chi connectivity index (χ4n) is 1.31. The Kier molecular flexibility index (Phi) is 3.97. The van der Waals surface area contributed by atoms with Crippen molar-refractivity contribution in [2.45, 2.75) is 59.7 Å². The van der Waals surface area contributed by atoms with Gasteiger partial charge < -0.3 is 19.0 Å². The Labute approximate surface area is 111 Å². The van der Waals surface area contributed by atoms with Crippen LogP contribution in [0.5, 0.6) is 0 Å². The molecule has 1 heterocycles. The van der Waals surface area contributed by atoms with E-state index in [9.17, 15) is 5.02 Å². The van der Waals surface area contributed by atoms with Gasteiger partial charge in [-0.1, -0.05) is 27.4 Å². The molecule has 0 bridgehead atoms. The molecule has 1 aliphatic heterocycles. The Bertz CT molecular complexity index is 333. The third kappa shape index (κ3) is 3.11. The molecule has 1 aliphatic rings. The van der Waals surface area contributed by atoms with E-state index in [1.54, 1.807) is 0 Å². The summed E-state index contributed by atoms with van der Waals surface area (Å²) in [6.45, 7) is 17.5. The molecular weight excluding hydrogens is 230 g/mol. The molecular formula is C12H24B2O4. The van der Waals surface area contributed by atoms with E-state index in [-0.39, 0.29) is 5.41 Å². The van der Waals surface area contributed by atoms with Gasteiger partial charge in [0, 0.05) is 0 Å². The normalized spacial score (nSPS) is 20.0. The molecule has 0 aliphatic carbocycles. The Balaban J connectivity index is 2.69. The second kappa shape index (κ2) is 4.58. The van der Waals surface area contributed by atoms with Gasteiger partial charge in [0.05, 0.1) is 11.4 Å². The van der Waals surface area contributed by atoms with E-state index in [1.165, 1.54) is 0 Å². The molecule has 0 saturated carbocycles. The standard InChI is InChI=1S/C12H24B2O4/c1-9-11(5,6)17-14(16-9)13(15)18-12(7,8)10(2,3)4/h15H,1H2,2-8H3. The van der Waals surface area contributed by atoms with E-state index in [0.29, 0.717) is 5.76 Å². The summed E-state index contributed by atoms with van der Waals surface area (Å²) in [6, 6.07) is 0. The smallest absolute Gasteiger partial charge is 0.540 e. The summed E-state index contributed by atoms with van der Waals surface area (Å²) in [5.41, 5.74) is -1.22. The minimum atomic E-state index is -1.14. The van der Waals surface area contributed by atoms with Crippen molar-refractivity contribution in [3.05, 3.63) is 12.3 Å². The highest BCUT2D eigenvalue weighted by Crippen LogP contribution is 2.35. The van der Waals surface area contributed by atoms with Gasteiger partial charge in [-0.2, -0.15) is 0 Å². The van der Waals surface area contributed by atoms with Gasteiger partial charge in [-0.25, -0.2) is 0 Å². The molecule has 4 nitrogen and oxygen atoms in total. The second-order valence-electron chi connectivity index (χ2n) is 6.81. The predicted octanol–water partition coefficient (Wildman–Crippen LogP) is 2.21. The molecule has 1 N–H and O–H groups in total. The van der Waals surface area contributed by atoms with Gasteiger partial charge >= 0.3 is 14.0 Å². The molecule has 1 saturated heterocycles. The van der Waals surface area contributed by atoms with Crippen LogP contribution in [0.1, 0.15) is 48.5 Å². The first-order valence-electron chi connectivity index (χ1n) is 6.26. The molecule has 1 rings (SSSR count). The van der Waals surface area contributed by atoms with E-state index < -0.39 is 25.2 Å². The van der Waals surface area contributed by atoms with Gasteiger partial charge in [-0.3, -0.25) is 0 Å². The molecule has 0 spiro atoms. The monoisotopic (exact) mass is 254 g/mol. The Morgan fingerprint density at radius 2 is 1.78 bits per heavy atom. The summed E-state index contributed by atoms with van der Waals surface area (Å²) in [6.07, 6.45) is 0. The van der Waals surface area contributed by atoms with Crippen LogP contribution in [-0.4, -0.2) is 30.2 Å². The number of hydrogen-bond donors (Lipinski definition) is 1. The van der Waals surface area contributed by atoms with Gasteiger partial charge in [0.25, 0.3) is 0 Å². The first kappa shape index (κ1) is 15.6. The predicted molar refractivity (Wildman–Crippen MR) is 73.7 cm³/mol. The summed E-state index contributed by atoms with van der Waals surface area (Å²) in [7, 11) is -1.97. The lowest BCUT2D eigenvalue weighted by molar-refractivity contribution is -0.0137. The zero-order valence-corrected chi connectivity index (χ0v) is 12.5. The van der Waals surface area contributed by atoms with Crippen LogP contribution in [0.3, 0.4) is 0 Å². The SMILES string of the molecule is C=C1OB(B(O)OC(C)(C)C(C)(C)C)OC1(C)C. The van der Waals surface area contributed by atoms with Crippen molar-refractivity contribution in [1.29, 1.82) is 0 Å². The third-order valence-electron chi connectivity index (χ3n) is 3.80. The van der Waals surface area contributed by atoms with E-state index >= 15 is 0 Å². The maximum absolute atomic E-state index is 10.1. The summed E-state index contributed by atoms with van der Waals surface area (Å²) < 4.78 is 16.7. The van der Waals surface area contributed by atoms with E-state index in [1.807, 2.05) is 27.7 Å². The molecule has 0 radical (unpaired) electrons. The fraction of sp³-hybridized carbons (Fsp3) is 0.833. The van der Waals surface area contributed by atoms with Crippen LogP contribution < -0.4 is 0 Å². The largest absolute Gasteiger partial charge is 0.552 e. The van der Waals surface area contributed by atoms with Crippen molar-refractivity contribution in [3.63, 3.8) is 0 Å². The van der Waals surface area contributed by atoms with E-state index in [2.05, 4.69) is 27.4 Å². The molecule has 0 unspecified atom stereocenters. The third-order valence-corrected chi connectivity index (χ3v) is 3.80. The molecule has 1 fully saturated rings. The number of hydrogen-bond acceptors (Lipinski definition) is 4. The van der Waals surface area contributed by atoms with E-state index in [4.69, 9.17) is 14.0 Å². The molecule has 6 heteroatoms. The molecule has 0 aromatic heterocycles. The minimum Gasteiger partial charge on any atom is -0.540 e. The molecule has 0 atom stereocenters. The summed E-state index contributed by atoms with van der Waals surface area (Å²) in [4.78, 5) is 0. The zero-order chi connectivity index (χ0) is 14.4. The van der Waals surface area contributed by atoms with Gasteiger partial charge in [0.2, 0.25) is 0 Å². The van der Waals surface area contributed by atoms with Crippen molar-refractivity contribution >= 4 is 14.0 Å². The molecule has 0 aromatic carbocycles. The van der Waals surface area contributed by atoms with Gasteiger partial charge in [-0.15, -0.1) is 0 Å². The Morgan fingerprint density at radius 1 is 1.28 bits per heavy atom. The van der Waals surface area contributed by atoms with Crippen LogP contribution in [0.25, 0.3) is 0 Å². The van der Waals surface area contributed by atoms with Crippen molar-refractivity contribution in [2.75, 3.05) is 0 Å². The highest BCUT2D eigenvalue weighted by Gasteiger charge is 2.53. The van der Waals surface area contributed by atoms with Crippen molar-refractivity contribution in [3.8, 4) is 0 Å². The van der Waals surface area contributed by atoms with Crippen LogP contribution >= 0.6 is 0 Å². The topological polar surface area (TPSA) is 47.9 Å². The van der Waals surface area contributed by atoms with Crippen LogP contribution in [0, 0.1) is 5.41 Å². The second-order valence-corrected chi connectivity index (χ2v) is 6.81. The quantitative estimate of drug-likeness (QED) is 0.784. The van der Waals surface area contributed by atoms with E-state index in [0.717, 1.165) is 0 Å². The maximum Gasteiger partial charge on any atom is 0.552 e. The van der Waals surface area contributed by atoms with Gasteiger partial charge in [-0.05, 0) is 33.1 Å². The summed E-state index contributed by atoms with van der Waals surface area (Å²) >= 11 is 0. The zero-order valence-electron chi connectivity index (χ0n) is 12.5. The average Bonchev–Trinajstić information content (AvgIpc) is 2.38. The van der Waals surface area contributed by atoms with Gasteiger partial charge in [0.15, 0.2) is 0 Å². The Hall–Kier alpha value is -0.450. The molecule has 0 amide bonds. The van der Waals surface area contributed by atoms with Crippen LogP contribution in [0.2, 0.25) is 0 Å². The van der Waals surface area contributed by atoms with Crippen molar-refractivity contribution < 1.29 is 19.0 Å². The lowest BCUT2D eigenvalue weighted by Gasteiger charge is -2.40. The maximum atomic E-state index is 10.1. The lowest BCUT2D eigenvalue weighted by Crippen LogP contribution is -2.51. The minimum absolute atomic E-state index is 0.112. The number of rotatable bonds is 3. The van der Waals surface area contributed by atoms with Crippen LogP contribution in [-0.2, 0) is 14.0 Å². The van der Waals surface area contributed by atoms with Crippen LogP contribution in [0.4, 0.5) is 0 Å². The average molecular weight is 254 g/mol. The first-order chi connectivity index (χ1) is 7.87. The summed E-state index contributed by atoms with van der Waals surface area (Å²) in [5.74, 6) is 0.503.